The minimum Gasteiger partial charge on any atom is -0.302 e. The van der Waals surface area contributed by atoms with Crippen LogP contribution in [0.15, 0.2) is 0 Å². The fourth-order valence-electron chi connectivity index (χ4n) is 2.09. The molecule has 0 aliphatic carbocycles. The standard InChI is InChI=1S/C11H24N2S/c1-4-12-6-5-7-13(9-8-12)11(2)10-14-3/h11H,4-10H2,1-3H3. The highest BCUT2D eigenvalue weighted by Gasteiger charge is 2.17. The van der Waals surface area contributed by atoms with Crippen molar-refractivity contribution in [2.24, 2.45) is 0 Å². The van der Waals surface area contributed by atoms with E-state index in [1.807, 2.05) is 11.8 Å². The van der Waals surface area contributed by atoms with Gasteiger partial charge in [-0.25, -0.2) is 0 Å². The predicted octanol–water partition coefficient (Wildman–Crippen LogP) is 1.77. The fraction of sp³-hybridized carbons (Fsp3) is 1.00. The molecule has 0 spiro atoms. The number of thioether (sulfide) groups is 1. The van der Waals surface area contributed by atoms with Crippen LogP contribution in [0.4, 0.5) is 0 Å². The number of nitrogens with zero attached hydrogens (tertiary/aromatic N) is 2. The maximum atomic E-state index is 2.64. The Labute approximate surface area is 93.0 Å². The summed E-state index contributed by atoms with van der Waals surface area (Å²) >= 11 is 1.96. The molecule has 2 nitrogen and oxygen atoms in total. The van der Waals surface area contributed by atoms with Crippen LogP contribution in [0.2, 0.25) is 0 Å². The normalized spacial score (nSPS) is 23.4. The minimum atomic E-state index is 0.752. The van der Waals surface area contributed by atoms with Crippen molar-refractivity contribution in [3.63, 3.8) is 0 Å². The van der Waals surface area contributed by atoms with Crippen molar-refractivity contribution >= 4 is 11.8 Å². The van der Waals surface area contributed by atoms with Crippen molar-refractivity contribution in [3.05, 3.63) is 0 Å². The quantitative estimate of drug-likeness (QED) is 0.707. The van der Waals surface area contributed by atoms with Crippen molar-refractivity contribution < 1.29 is 0 Å². The van der Waals surface area contributed by atoms with Crippen molar-refractivity contribution in [1.29, 1.82) is 0 Å². The van der Waals surface area contributed by atoms with Crippen molar-refractivity contribution in [3.8, 4) is 0 Å². The summed E-state index contributed by atoms with van der Waals surface area (Å²) in [5.74, 6) is 1.27. The lowest BCUT2D eigenvalue weighted by atomic mass is 10.3. The highest BCUT2D eigenvalue weighted by molar-refractivity contribution is 7.98. The van der Waals surface area contributed by atoms with E-state index in [4.69, 9.17) is 0 Å². The third-order valence-corrected chi connectivity index (χ3v) is 3.92. The van der Waals surface area contributed by atoms with Gasteiger partial charge in [-0.1, -0.05) is 6.92 Å². The zero-order chi connectivity index (χ0) is 10.4. The van der Waals surface area contributed by atoms with Crippen LogP contribution in [0.5, 0.6) is 0 Å². The van der Waals surface area contributed by atoms with Crippen molar-refractivity contribution in [1.82, 2.24) is 9.80 Å². The Bertz CT molecular complexity index is 152. The van der Waals surface area contributed by atoms with Gasteiger partial charge in [-0.2, -0.15) is 11.8 Å². The summed E-state index contributed by atoms with van der Waals surface area (Å²) in [6, 6.07) is 0.752. The smallest absolute Gasteiger partial charge is 0.0158 e. The van der Waals surface area contributed by atoms with E-state index < -0.39 is 0 Å². The summed E-state index contributed by atoms with van der Waals surface area (Å²) < 4.78 is 0. The Balaban J connectivity index is 2.33. The Morgan fingerprint density at radius 2 is 2.00 bits per heavy atom. The van der Waals surface area contributed by atoms with Gasteiger partial charge >= 0.3 is 0 Å². The summed E-state index contributed by atoms with van der Waals surface area (Å²) in [4.78, 5) is 5.21. The average Bonchev–Trinajstić information content (AvgIpc) is 2.42. The Kier molecular flexibility index (Phi) is 5.90. The molecule has 1 unspecified atom stereocenters. The Morgan fingerprint density at radius 1 is 1.21 bits per heavy atom. The molecule has 1 rings (SSSR count). The largest absolute Gasteiger partial charge is 0.302 e. The van der Waals surface area contributed by atoms with E-state index >= 15 is 0 Å². The summed E-state index contributed by atoms with van der Waals surface area (Å²) in [6.45, 7) is 10.9. The van der Waals surface area contributed by atoms with Gasteiger partial charge in [0.15, 0.2) is 0 Å². The van der Waals surface area contributed by atoms with Gasteiger partial charge in [0.1, 0.15) is 0 Å². The third kappa shape index (κ3) is 3.79. The molecule has 0 bridgehead atoms. The zero-order valence-corrected chi connectivity index (χ0v) is 10.6. The second-order valence-corrected chi connectivity index (χ2v) is 5.04. The number of likely N-dealkylation sites (N-methyl/N-ethyl adjacent to an activating group) is 1. The van der Waals surface area contributed by atoms with Gasteiger partial charge in [0.2, 0.25) is 0 Å². The van der Waals surface area contributed by atoms with Crippen LogP contribution in [0, 0.1) is 0 Å². The van der Waals surface area contributed by atoms with E-state index in [0.29, 0.717) is 0 Å². The molecule has 0 amide bonds. The molecule has 3 heteroatoms. The minimum absolute atomic E-state index is 0.752. The van der Waals surface area contributed by atoms with Gasteiger partial charge < -0.3 is 4.90 Å². The lowest BCUT2D eigenvalue weighted by Gasteiger charge is -2.27. The molecule has 1 fully saturated rings. The molecule has 1 saturated heterocycles. The predicted molar refractivity (Wildman–Crippen MR) is 66.1 cm³/mol. The molecule has 0 aromatic heterocycles. The first-order valence-electron chi connectivity index (χ1n) is 5.73. The van der Waals surface area contributed by atoms with E-state index in [0.717, 1.165) is 6.04 Å². The molecule has 1 heterocycles. The van der Waals surface area contributed by atoms with Crippen molar-refractivity contribution in [2.75, 3.05) is 44.7 Å². The topological polar surface area (TPSA) is 6.48 Å². The maximum absolute atomic E-state index is 2.64. The van der Waals surface area contributed by atoms with Gasteiger partial charge in [0, 0.05) is 24.9 Å². The number of hydrogen-bond acceptors (Lipinski definition) is 3. The lowest BCUT2D eigenvalue weighted by Crippen LogP contribution is -2.38. The highest BCUT2D eigenvalue weighted by atomic mass is 32.2. The van der Waals surface area contributed by atoms with Gasteiger partial charge in [-0.3, -0.25) is 4.90 Å². The molecule has 14 heavy (non-hydrogen) atoms. The molecule has 1 aliphatic rings. The first-order chi connectivity index (χ1) is 6.77. The summed E-state index contributed by atoms with van der Waals surface area (Å²) in [7, 11) is 0. The first kappa shape index (κ1) is 12.3. The third-order valence-electron chi connectivity index (χ3n) is 3.10. The van der Waals surface area contributed by atoms with Crippen LogP contribution >= 0.6 is 11.8 Å². The number of hydrogen-bond donors (Lipinski definition) is 0. The molecule has 0 radical (unpaired) electrons. The monoisotopic (exact) mass is 216 g/mol. The van der Waals surface area contributed by atoms with E-state index in [2.05, 4.69) is 29.9 Å². The van der Waals surface area contributed by atoms with Crippen LogP contribution in [-0.2, 0) is 0 Å². The van der Waals surface area contributed by atoms with E-state index in [1.165, 1.54) is 44.9 Å². The van der Waals surface area contributed by atoms with Gasteiger partial charge in [0.05, 0.1) is 0 Å². The molecule has 1 aliphatic heterocycles. The molecule has 84 valence electrons. The Morgan fingerprint density at radius 3 is 2.64 bits per heavy atom. The van der Waals surface area contributed by atoms with Crippen LogP contribution in [0.1, 0.15) is 20.3 Å². The zero-order valence-electron chi connectivity index (χ0n) is 9.83. The summed E-state index contributed by atoms with van der Waals surface area (Å²) in [6.07, 6.45) is 3.54. The Hall–Kier alpha value is 0.270. The maximum Gasteiger partial charge on any atom is 0.0158 e. The fourth-order valence-corrected chi connectivity index (χ4v) is 2.79. The van der Waals surface area contributed by atoms with E-state index in [1.54, 1.807) is 0 Å². The molecule has 0 N–H and O–H groups in total. The lowest BCUT2D eigenvalue weighted by molar-refractivity contribution is 0.225. The molecule has 0 aromatic carbocycles. The molecule has 0 aromatic rings. The van der Waals surface area contributed by atoms with Crippen LogP contribution in [-0.4, -0.2) is 60.6 Å². The van der Waals surface area contributed by atoms with Crippen LogP contribution in [0.3, 0.4) is 0 Å². The van der Waals surface area contributed by atoms with Crippen molar-refractivity contribution in [2.45, 2.75) is 26.3 Å². The SMILES string of the molecule is CCN1CCCN(C(C)CSC)CC1. The molecular weight excluding hydrogens is 192 g/mol. The second-order valence-electron chi connectivity index (χ2n) is 4.13. The molecule has 1 atom stereocenters. The highest BCUT2D eigenvalue weighted by Crippen LogP contribution is 2.10. The van der Waals surface area contributed by atoms with E-state index in [-0.39, 0.29) is 0 Å². The number of rotatable bonds is 4. The van der Waals surface area contributed by atoms with Gasteiger partial charge in [-0.15, -0.1) is 0 Å². The summed E-state index contributed by atoms with van der Waals surface area (Å²) in [5.41, 5.74) is 0. The van der Waals surface area contributed by atoms with Gasteiger partial charge in [0.25, 0.3) is 0 Å². The second kappa shape index (κ2) is 6.70. The van der Waals surface area contributed by atoms with Crippen LogP contribution in [0.25, 0.3) is 0 Å². The van der Waals surface area contributed by atoms with E-state index in [9.17, 15) is 0 Å². The van der Waals surface area contributed by atoms with Gasteiger partial charge in [-0.05, 0) is 39.2 Å². The van der Waals surface area contributed by atoms with Crippen LogP contribution < -0.4 is 0 Å². The average molecular weight is 216 g/mol. The molecular formula is C11H24N2S. The molecule has 0 saturated carbocycles. The summed E-state index contributed by atoms with van der Waals surface area (Å²) in [5, 5.41) is 0. The first-order valence-corrected chi connectivity index (χ1v) is 7.12.